The van der Waals surface area contributed by atoms with Gasteiger partial charge in [0.25, 0.3) is 0 Å². The molecule has 0 saturated carbocycles. The van der Waals surface area contributed by atoms with Gasteiger partial charge >= 0.3 is 0 Å². The third kappa shape index (κ3) is 4.06. The van der Waals surface area contributed by atoms with Gasteiger partial charge in [0.1, 0.15) is 0 Å². The van der Waals surface area contributed by atoms with E-state index in [0.29, 0.717) is 21.0 Å². The summed E-state index contributed by atoms with van der Waals surface area (Å²) in [6, 6.07) is 10.1. The number of pyridine rings is 1. The van der Waals surface area contributed by atoms with Gasteiger partial charge in [-0.05, 0) is 37.2 Å². The Kier molecular flexibility index (Phi) is 5.39. The second-order valence-electron chi connectivity index (χ2n) is 4.62. The molecule has 21 heavy (non-hydrogen) atoms. The molecule has 2 N–H and O–H groups in total. The van der Waals surface area contributed by atoms with E-state index in [1.54, 1.807) is 6.20 Å². The number of aromatic nitrogens is 1. The highest BCUT2D eigenvalue weighted by Gasteiger charge is 2.11. The van der Waals surface area contributed by atoms with Crippen LogP contribution in [0.3, 0.4) is 0 Å². The first-order valence-electron chi connectivity index (χ1n) is 6.42. The maximum Gasteiger partial charge on any atom is 0.172 e. The lowest BCUT2D eigenvalue weighted by atomic mass is 10.1. The van der Waals surface area contributed by atoms with Crippen LogP contribution in [0.1, 0.15) is 24.1 Å². The number of benzene rings is 1. The van der Waals surface area contributed by atoms with Crippen LogP contribution >= 0.6 is 35.4 Å². The van der Waals surface area contributed by atoms with Gasteiger partial charge in [0.05, 0.1) is 16.1 Å². The van der Waals surface area contributed by atoms with Crippen LogP contribution in [0.4, 0.5) is 5.82 Å². The highest BCUT2D eigenvalue weighted by Crippen LogP contribution is 2.28. The normalized spacial score (nSPS) is 11.8. The molecule has 110 valence electrons. The van der Waals surface area contributed by atoms with Crippen molar-refractivity contribution in [3.05, 3.63) is 57.7 Å². The van der Waals surface area contributed by atoms with Gasteiger partial charge in [-0.2, -0.15) is 0 Å². The predicted molar refractivity (Wildman–Crippen MR) is 93.2 cm³/mol. The number of rotatable bonds is 3. The quantitative estimate of drug-likeness (QED) is 0.791. The summed E-state index contributed by atoms with van der Waals surface area (Å²) in [5.41, 5.74) is 1.92. The van der Waals surface area contributed by atoms with Crippen LogP contribution in [0.25, 0.3) is 0 Å². The van der Waals surface area contributed by atoms with E-state index in [2.05, 4.69) is 15.6 Å². The molecule has 1 heterocycles. The fourth-order valence-corrected chi connectivity index (χ4v) is 2.47. The highest BCUT2D eigenvalue weighted by atomic mass is 35.5. The van der Waals surface area contributed by atoms with E-state index in [4.69, 9.17) is 35.4 Å². The van der Waals surface area contributed by atoms with Gasteiger partial charge in [-0.25, -0.2) is 4.98 Å². The topological polar surface area (TPSA) is 37.0 Å². The van der Waals surface area contributed by atoms with Gasteiger partial charge in [-0.1, -0.05) is 53.5 Å². The van der Waals surface area contributed by atoms with Gasteiger partial charge in [0.15, 0.2) is 10.9 Å². The lowest BCUT2D eigenvalue weighted by Crippen LogP contribution is -2.31. The number of thiocarbonyl (C=S) groups is 1. The Morgan fingerprint density at radius 2 is 1.90 bits per heavy atom. The van der Waals surface area contributed by atoms with Crippen LogP contribution in [-0.4, -0.2) is 10.1 Å². The van der Waals surface area contributed by atoms with Crippen molar-refractivity contribution in [2.75, 3.05) is 5.32 Å². The molecule has 1 aromatic carbocycles. The molecule has 0 saturated heterocycles. The molecule has 1 aromatic heterocycles. The third-order valence-electron chi connectivity index (χ3n) is 3.08. The average Bonchev–Trinajstić information content (AvgIpc) is 2.49. The zero-order valence-electron chi connectivity index (χ0n) is 11.7. The Balaban J connectivity index is 2.04. The zero-order chi connectivity index (χ0) is 15.4. The maximum atomic E-state index is 6.20. The van der Waals surface area contributed by atoms with Crippen molar-refractivity contribution in [2.45, 2.75) is 19.9 Å². The first-order valence-corrected chi connectivity index (χ1v) is 7.58. The van der Waals surface area contributed by atoms with Crippen molar-refractivity contribution >= 4 is 46.4 Å². The predicted octanol–water partition coefficient (Wildman–Crippen LogP) is 4.74. The summed E-state index contributed by atoms with van der Waals surface area (Å²) >= 11 is 17.5. The SMILES string of the molecule is Cc1c(Cl)cnc(NC(=S)N[C@H](C)c2ccccc2)c1Cl. The number of anilines is 1. The van der Waals surface area contributed by atoms with E-state index in [1.165, 1.54) is 0 Å². The molecule has 0 bridgehead atoms. The van der Waals surface area contributed by atoms with Gasteiger partial charge in [0, 0.05) is 6.20 Å². The first kappa shape index (κ1) is 16.0. The summed E-state index contributed by atoms with van der Waals surface area (Å²) < 4.78 is 0. The Labute approximate surface area is 139 Å². The molecule has 2 aromatic rings. The van der Waals surface area contributed by atoms with Crippen molar-refractivity contribution in [2.24, 2.45) is 0 Å². The molecule has 2 rings (SSSR count). The monoisotopic (exact) mass is 339 g/mol. The largest absolute Gasteiger partial charge is 0.356 e. The maximum absolute atomic E-state index is 6.20. The summed E-state index contributed by atoms with van der Waals surface area (Å²) in [5.74, 6) is 0.497. The molecule has 6 heteroatoms. The molecule has 1 atom stereocenters. The van der Waals surface area contributed by atoms with Crippen LogP contribution in [-0.2, 0) is 0 Å². The number of hydrogen-bond donors (Lipinski definition) is 2. The van der Waals surface area contributed by atoms with E-state index in [1.807, 2.05) is 44.2 Å². The van der Waals surface area contributed by atoms with E-state index in [-0.39, 0.29) is 6.04 Å². The van der Waals surface area contributed by atoms with Crippen molar-refractivity contribution in [1.29, 1.82) is 0 Å². The number of halogens is 2. The van der Waals surface area contributed by atoms with Crippen LogP contribution in [0, 0.1) is 6.92 Å². The minimum atomic E-state index is 0.0818. The summed E-state index contributed by atoms with van der Waals surface area (Å²) in [4.78, 5) is 4.16. The molecular formula is C15H15Cl2N3S. The standard InChI is InChI=1S/C15H15Cl2N3S/c1-9-12(16)8-18-14(13(9)17)20-15(21)19-10(2)11-6-4-3-5-7-11/h3-8,10H,1-2H3,(H2,18,19,20,21)/t10-/m1/s1. The molecule has 0 fully saturated rings. The molecule has 0 unspecified atom stereocenters. The number of hydrogen-bond acceptors (Lipinski definition) is 2. The highest BCUT2D eigenvalue weighted by molar-refractivity contribution is 7.80. The molecule has 0 spiro atoms. The number of nitrogens with zero attached hydrogens (tertiary/aromatic N) is 1. The number of nitrogens with one attached hydrogen (secondary N) is 2. The summed E-state index contributed by atoms with van der Waals surface area (Å²) in [7, 11) is 0. The van der Waals surface area contributed by atoms with Crippen molar-refractivity contribution in [3.63, 3.8) is 0 Å². The van der Waals surface area contributed by atoms with E-state index < -0.39 is 0 Å². The lowest BCUT2D eigenvalue weighted by Gasteiger charge is -2.18. The Hall–Kier alpha value is -1.36. The molecule has 0 amide bonds. The van der Waals surface area contributed by atoms with E-state index in [9.17, 15) is 0 Å². The minimum Gasteiger partial charge on any atom is -0.356 e. The fraction of sp³-hybridized carbons (Fsp3) is 0.200. The summed E-state index contributed by atoms with van der Waals surface area (Å²) in [6.07, 6.45) is 1.55. The Morgan fingerprint density at radius 1 is 1.24 bits per heavy atom. The van der Waals surface area contributed by atoms with Gasteiger partial charge in [-0.15, -0.1) is 0 Å². The Morgan fingerprint density at radius 3 is 2.57 bits per heavy atom. The smallest absolute Gasteiger partial charge is 0.172 e. The second-order valence-corrected chi connectivity index (χ2v) is 5.82. The Bertz CT molecular complexity index is 647. The van der Waals surface area contributed by atoms with Gasteiger partial charge < -0.3 is 10.6 Å². The van der Waals surface area contributed by atoms with Crippen LogP contribution in [0.15, 0.2) is 36.5 Å². The molecular weight excluding hydrogens is 325 g/mol. The van der Waals surface area contributed by atoms with Crippen LogP contribution < -0.4 is 10.6 Å². The molecule has 3 nitrogen and oxygen atoms in total. The molecule has 0 aliphatic rings. The van der Waals surface area contributed by atoms with Crippen molar-refractivity contribution in [3.8, 4) is 0 Å². The lowest BCUT2D eigenvalue weighted by molar-refractivity contribution is 0.722. The van der Waals surface area contributed by atoms with Gasteiger partial charge in [-0.3, -0.25) is 0 Å². The van der Waals surface area contributed by atoms with E-state index in [0.717, 1.165) is 11.1 Å². The second kappa shape index (κ2) is 7.07. The van der Waals surface area contributed by atoms with Crippen molar-refractivity contribution in [1.82, 2.24) is 10.3 Å². The molecule has 0 aliphatic heterocycles. The van der Waals surface area contributed by atoms with Gasteiger partial charge in [0.2, 0.25) is 0 Å². The van der Waals surface area contributed by atoms with Crippen LogP contribution in [0.5, 0.6) is 0 Å². The summed E-state index contributed by atoms with van der Waals surface area (Å²) in [6.45, 7) is 3.87. The van der Waals surface area contributed by atoms with Crippen LogP contribution in [0.2, 0.25) is 10.0 Å². The molecule has 0 aliphatic carbocycles. The summed E-state index contributed by atoms with van der Waals surface area (Å²) in [5, 5.41) is 7.65. The van der Waals surface area contributed by atoms with E-state index >= 15 is 0 Å². The zero-order valence-corrected chi connectivity index (χ0v) is 14.0. The minimum absolute atomic E-state index is 0.0818. The first-order chi connectivity index (χ1) is 9.99. The third-order valence-corrected chi connectivity index (χ3v) is 4.14. The fourth-order valence-electron chi connectivity index (χ4n) is 1.81. The molecule has 0 radical (unpaired) electrons. The average molecular weight is 340 g/mol. The van der Waals surface area contributed by atoms with Crippen molar-refractivity contribution < 1.29 is 0 Å².